The van der Waals surface area contributed by atoms with Gasteiger partial charge in [0.25, 0.3) is 0 Å². The van der Waals surface area contributed by atoms with E-state index in [2.05, 4.69) is 0 Å². The van der Waals surface area contributed by atoms with Crippen LogP contribution in [0.15, 0.2) is 42.5 Å². The Labute approximate surface area is 133 Å². The normalized spacial score (nSPS) is 19.5. The summed E-state index contributed by atoms with van der Waals surface area (Å²) in [4.78, 5) is 0. The van der Waals surface area contributed by atoms with Gasteiger partial charge in [-0.05, 0) is 58.5 Å². The van der Waals surface area contributed by atoms with Gasteiger partial charge in [0.05, 0.1) is 0 Å². The van der Waals surface area contributed by atoms with E-state index in [1.54, 1.807) is 12.1 Å². The maximum Gasteiger partial charge on any atom is 0.131 e. The molecule has 2 unspecified atom stereocenters. The summed E-state index contributed by atoms with van der Waals surface area (Å²) in [7, 11) is 0. The molecule has 0 spiro atoms. The van der Waals surface area contributed by atoms with Crippen LogP contribution in [0.5, 0.6) is 0 Å². The number of fused-ring (bicyclic) bond motifs is 4. The first kappa shape index (κ1) is 14.4. The van der Waals surface area contributed by atoms with Gasteiger partial charge in [0.2, 0.25) is 0 Å². The molecule has 0 amide bonds. The second-order valence-corrected chi connectivity index (χ2v) is 6.18. The summed E-state index contributed by atoms with van der Waals surface area (Å²) >= 11 is 0. The molecule has 3 aromatic carbocycles. The molecule has 0 bridgehead atoms. The van der Waals surface area contributed by atoms with Crippen molar-refractivity contribution >= 4 is 10.8 Å². The maximum atomic E-state index is 14.6. The van der Waals surface area contributed by atoms with E-state index >= 15 is 0 Å². The zero-order valence-electron chi connectivity index (χ0n) is 13.0. The number of aryl methyl sites for hydroxylation is 2. The number of aliphatic hydroxyl groups is 2. The molecule has 2 nitrogen and oxygen atoms in total. The Morgan fingerprint density at radius 3 is 2.13 bits per heavy atom. The van der Waals surface area contributed by atoms with Gasteiger partial charge in [-0.3, -0.25) is 0 Å². The summed E-state index contributed by atoms with van der Waals surface area (Å²) in [6.07, 6.45) is -2.17. The van der Waals surface area contributed by atoms with Crippen LogP contribution >= 0.6 is 0 Å². The van der Waals surface area contributed by atoms with E-state index in [4.69, 9.17) is 0 Å². The fourth-order valence-electron chi connectivity index (χ4n) is 3.88. The third kappa shape index (κ3) is 1.81. The lowest BCUT2D eigenvalue weighted by atomic mass is 9.76. The molecule has 0 fully saturated rings. The third-order valence-corrected chi connectivity index (χ3v) is 4.99. The first-order valence-corrected chi connectivity index (χ1v) is 7.69. The van der Waals surface area contributed by atoms with Crippen LogP contribution < -0.4 is 0 Å². The lowest BCUT2D eigenvalue weighted by Gasteiger charge is -2.33. The van der Waals surface area contributed by atoms with Gasteiger partial charge in [0, 0.05) is 5.56 Å². The quantitative estimate of drug-likeness (QED) is 0.648. The molecule has 4 rings (SSSR count). The van der Waals surface area contributed by atoms with E-state index in [-0.39, 0.29) is 5.82 Å². The topological polar surface area (TPSA) is 40.5 Å². The van der Waals surface area contributed by atoms with Crippen LogP contribution in [-0.4, -0.2) is 10.2 Å². The van der Waals surface area contributed by atoms with Crippen LogP contribution in [0.1, 0.15) is 34.5 Å². The van der Waals surface area contributed by atoms with E-state index in [0.717, 1.165) is 21.9 Å². The number of rotatable bonds is 0. The minimum absolute atomic E-state index is 0.368. The van der Waals surface area contributed by atoms with E-state index in [1.807, 2.05) is 38.1 Å². The number of aliphatic hydroxyl groups excluding tert-OH is 2. The number of benzene rings is 3. The predicted octanol–water partition coefficient (Wildman–Crippen LogP) is 4.34. The highest BCUT2D eigenvalue weighted by atomic mass is 19.1. The molecule has 3 heteroatoms. The fourth-order valence-corrected chi connectivity index (χ4v) is 3.88. The molecule has 0 heterocycles. The SMILES string of the molecule is Cc1c2c(c(C)c3ccccc13)C(O)C(O)c1cccc(F)c1-2. The van der Waals surface area contributed by atoms with Gasteiger partial charge < -0.3 is 10.2 Å². The molecule has 0 saturated carbocycles. The average Bonchev–Trinajstić information content (AvgIpc) is 2.56. The summed E-state index contributed by atoms with van der Waals surface area (Å²) in [5.74, 6) is -0.368. The molecule has 1 aliphatic rings. The summed E-state index contributed by atoms with van der Waals surface area (Å²) < 4.78 is 14.6. The molecule has 0 radical (unpaired) electrons. The first-order chi connectivity index (χ1) is 11.0. The molecule has 2 atom stereocenters. The van der Waals surface area contributed by atoms with Crippen LogP contribution in [0.2, 0.25) is 0 Å². The van der Waals surface area contributed by atoms with Crippen molar-refractivity contribution in [2.24, 2.45) is 0 Å². The second kappa shape index (κ2) is 4.88. The second-order valence-electron chi connectivity index (χ2n) is 6.18. The van der Waals surface area contributed by atoms with Crippen molar-refractivity contribution in [3.8, 4) is 11.1 Å². The third-order valence-electron chi connectivity index (χ3n) is 4.99. The van der Waals surface area contributed by atoms with Gasteiger partial charge in [0.1, 0.15) is 18.0 Å². The zero-order chi connectivity index (χ0) is 16.3. The Kier molecular flexibility index (Phi) is 3.05. The zero-order valence-corrected chi connectivity index (χ0v) is 13.0. The van der Waals surface area contributed by atoms with Crippen molar-refractivity contribution in [3.05, 3.63) is 70.5 Å². The lowest BCUT2D eigenvalue weighted by molar-refractivity contribution is 0.0152. The average molecular weight is 308 g/mol. The van der Waals surface area contributed by atoms with Gasteiger partial charge >= 0.3 is 0 Å². The van der Waals surface area contributed by atoms with Gasteiger partial charge in [-0.15, -0.1) is 0 Å². The largest absolute Gasteiger partial charge is 0.385 e. The van der Waals surface area contributed by atoms with E-state index in [9.17, 15) is 14.6 Å². The van der Waals surface area contributed by atoms with E-state index < -0.39 is 12.2 Å². The molecule has 2 N–H and O–H groups in total. The summed E-state index contributed by atoms with van der Waals surface area (Å²) in [5.41, 5.74) is 4.02. The van der Waals surface area contributed by atoms with Gasteiger partial charge in [0.15, 0.2) is 0 Å². The standard InChI is InChI=1S/C20H17FO2/c1-10-12-6-3-4-7-13(12)11(2)17-16(10)18-14(19(22)20(17)23)8-5-9-15(18)21/h3-9,19-20,22-23H,1-2H3. The van der Waals surface area contributed by atoms with Crippen molar-refractivity contribution < 1.29 is 14.6 Å². The highest BCUT2D eigenvalue weighted by molar-refractivity contribution is 5.97. The first-order valence-electron chi connectivity index (χ1n) is 7.69. The molecule has 23 heavy (non-hydrogen) atoms. The molecule has 1 aliphatic carbocycles. The van der Waals surface area contributed by atoms with Crippen LogP contribution in [0.3, 0.4) is 0 Å². The summed E-state index contributed by atoms with van der Waals surface area (Å²) in [5, 5.41) is 23.2. The Hall–Kier alpha value is -2.23. The molecule has 116 valence electrons. The Balaban J connectivity index is 2.24. The Morgan fingerprint density at radius 2 is 1.43 bits per heavy atom. The molecule has 3 aromatic rings. The van der Waals surface area contributed by atoms with Crippen molar-refractivity contribution in [2.75, 3.05) is 0 Å². The summed E-state index contributed by atoms with van der Waals surface area (Å²) in [6.45, 7) is 3.86. The van der Waals surface area contributed by atoms with Crippen LogP contribution in [0.4, 0.5) is 4.39 Å². The Bertz CT molecular complexity index is 946. The molecule has 0 aromatic heterocycles. The van der Waals surface area contributed by atoms with E-state index in [1.165, 1.54) is 6.07 Å². The minimum Gasteiger partial charge on any atom is -0.385 e. The monoisotopic (exact) mass is 308 g/mol. The number of halogens is 1. The number of hydrogen-bond donors (Lipinski definition) is 2. The van der Waals surface area contributed by atoms with Crippen LogP contribution in [-0.2, 0) is 0 Å². The van der Waals surface area contributed by atoms with Crippen molar-refractivity contribution in [1.82, 2.24) is 0 Å². The smallest absolute Gasteiger partial charge is 0.131 e. The lowest BCUT2D eigenvalue weighted by Crippen LogP contribution is -2.20. The predicted molar refractivity (Wildman–Crippen MR) is 88.7 cm³/mol. The molecular weight excluding hydrogens is 291 g/mol. The highest BCUT2D eigenvalue weighted by Crippen LogP contribution is 2.50. The maximum absolute atomic E-state index is 14.6. The number of hydrogen-bond acceptors (Lipinski definition) is 2. The van der Waals surface area contributed by atoms with Gasteiger partial charge in [-0.25, -0.2) is 4.39 Å². The van der Waals surface area contributed by atoms with Crippen molar-refractivity contribution in [1.29, 1.82) is 0 Å². The molecular formula is C20H17FO2. The van der Waals surface area contributed by atoms with Gasteiger partial charge in [-0.1, -0.05) is 36.4 Å². The van der Waals surface area contributed by atoms with Gasteiger partial charge in [-0.2, -0.15) is 0 Å². The molecule has 0 aliphatic heterocycles. The van der Waals surface area contributed by atoms with Crippen molar-refractivity contribution in [2.45, 2.75) is 26.1 Å². The minimum atomic E-state index is -1.12. The van der Waals surface area contributed by atoms with Crippen LogP contribution in [0, 0.1) is 19.7 Å². The van der Waals surface area contributed by atoms with Crippen LogP contribution in [0.25, 0.3) is 21.9 Å². The van der Waals surface area contributed by atoms with Crippen molar-refractivity contribution in [3.63, 3.8) is 0 Å². The van der Waals surface area contributed by atoms with E-state index in [0.29, 0.717) is 22.3 Å². The Morgan fingerprint density at radius 1 is 0.783 bits per heavy atom. The highest BCUT2D eigenvalue weighted by Gasteiger charge is 2.35. The summed E-state index contributed by atoms with van der Waals surface area (Å²) in [6, 6.07) is 12.6. The molecule has 0 saturated heterocycles. The fraction of sp³-hybridized carbons (Fsp3) is 0.200.